The van der Waals surface area contributed by atoms with E-state index in [1.165, 1.54) is 16.0 Å². The average Bonchev–Trinajstić information content (AvgIpc) is 2.91. The van der Waals surface area contributed by atoms with Gasteiger partial charge in [0.05, 0.1) is 0 Å². The maximum Gasteiger partial charge on any atom is 0.325 e. The van der Waals surface area contributed by atoms with Crippen LogP contribution in [0.2, 0.25) is 0 Å². The van der Waals surface area contributed by atoms with Crippen molar-refractivity contribution in [3.63, 3.8) is 0 Å². The van der Waals surface area contributed by atoms with Crippen LogP contribution in [0.4, 0.5) is 0 Å². The Kier molecular flexibility index (Phi) is 4.27. The number of rotatable bonds is 3. The maximum atomic E-state index is 12.3. The molecule has 4 heteroatoms. The summed E-state index contributed by atoms with van der Waals surface area (Å²) in [6, 6.07) is 14.0. The molecule has 2 aromatic rings. The molecule has 2 nitrogen and oxygen atoms in total. The first-order valence-corrected chi connectivity index (χ1v) is 8.88. The molecule has 3 rings (SSSR count). The van der Waals surface area contributed by atoms with Gasteiger partial charge in [0, 0.05) is 9.79 Å². The van der Waals surface area contributed by atoms with Crippen molar-refractivity contribution in [1.29, 1.82) is 0 Å². The molecule has 0 radical (unpaired) electrons. The predicted octanol–water partition coefficient (Wildman–Crippen LogP) is 4.34. The molecule has 0 fully saturated rings. The molecule has 1 heterocycles. The first-order valence-electron chi connectivity index (χ1n) is 6.77. The first kappa shape index (κ1) is 14.5. The zero-order valence-corrected chi connectivity index (χ0v) is 13.6. The van der Waals surface area contributed by atoms with Gasteiger partial charge in [0.2, 0.25) is 0 Å². The fourth-order valence-corrected chi connectivity index (χ4v) is 3.97. The Morgan fingerprint density at radius 1 is 1.24 bits per heavy atom. The van der Waals surface area contributed by atoms with Gasteiger partial charge in [-0.3, -0.25) is 4.79 Å². The largest absolute Gasteiger partial charge is 0.426 e. The standard InChI is InChI=1S/C17H16O2S2/c1-11-3-4-12-10-16(21-15(12)9-11)17(18)19-13-5-7-14(20-2)8-6-13/h3-9,16H,10H2,1-2H3. The van der Waals surface area contributed by atoms with E-state index in [1.54, 1.807) is 23.5 Å². The molecule has 1 atom stereocenters. The predicted molar refractivity (Wildman–Crippen MR) is 88.4 cm³/mol. The van der Waals surface area contributed by atoms with E-state index in [2.05, 4.69) is 25.1 Å². The molecule has 108 valence electrons. The summed E-state index contributed by atoms with van der Waals surface area (Å²) in [5.41, 5.74) is 2.47. The highest BCUT2D eigenvalue weighted by atomic mass is 32.2. The van der Waals surface area contributed by atoms with Crippen LogP contribution in [0.15, 0.2) is 52.3 Å². The number of benzene rings is 2. The van der Waals surface area contributed by atoms with Crippen LogP contribution >= 0.6 is 23.5 Å². The van der Waals surface area contributed by atoms with Gasteiger partial charge < -0.3 is 4.74 Å². The molecule has 21 heavy (non-hydrogen) atoms. The van der Waals surface area contributed by atoms with Crippen LogP contribution < -0.4 is 4.74 Å². The lowest BCUT2D eigenvalue weighted by Crippen LogP contribution is -2.22. The highest BCUT2D eigenvalue weighted by Crippen LogP contribution is 2.38. The average molecular weight is 316 g/mol. The second-order valence-electron chi connectivity index (χ2n) is 5.02. The second-order valence-corrected chi connectivity index (χ2v) is 7.14. The minimum atomic E-state index is -0.161. The van der Waals surface area contributed by atoms with E-state index < -0.39 is 0 Å². The molecule has 1 unspecified atom stereocenters. The van der Waals surface area contributed by atoms with Gasteiger partial charge in [-0.15, -0.1) is 23.5 Å². The van der Waals surface area contributed by atoms with Crippen LogP contribution in [0.5, 0.6) is 5.75 Å². The quantitative estimate of drug-likeness (QED) is 0.478. The Hall–Kier alpha value is -1.39. The van der Waals surface area contributed by atoms with Crippen LogP contribution in [0, 0.1) is 6.92 Å². The number of fused-ring (bicyclic) bond motifs is 1. The highest BCUT2D eigenvalue weighted by molar-refractivity contribution is 8.01. The van der Waals surface area contributed by atoms with E-state index in [4.69, 9.17) is 4.74 Å². The number of carbonyl (C=O) groups excluding carboxylic acids is 1. The van der Waals surface area contributed by atoms with E-state index >= 15 is 0 Å². The van der Waals surface area contributed by atoms with E-state index in [9.17, 15) is 4.79 Å². The summed E-state index contributed by atoms with van der Waals surface area (Å²) in [5, 5.41) is -0.137. The number of esters is 1. The fourth-order valence-electron chi connectivity index (χ4n) is 2.29. The van der Waals surface area contributed by atoms with E-state index in [-0.39, 0.29) is 11.2 Å². The number of hydrogen-bond donors (Lipinski definition) is 0. The van der Waals surface area contributed by atoms with Gasteiger partial charge >= 0.3 is 5.97 Å². The zero-order valence-electron chi connectivity index (χ0n) is 12.0. The lowest BCUT2D eigenvalue weighted by molar-refractivity contribution is -0.133. The molecule has 0 amide bonds. The third-order valence-electron chi connectivity index (χ3n) is 3.44. The van der Waals surface area contributed by atoms with Crippen LogP contribution in [0.25, 0.3) is 0 Å². The number of thioether (sulfide) groups is 2. The topological polar surface area (TPSA) is 26.3 Å². The van der Waals surface area contributed by atoms with Crippen LogP contribution in [-0.4, -0.2) is 17.5 Å². The van der Waals surface area contributed by atoms with Crippen LogP contribution in [0.1, 0.15) is 11.1 Å². The fraction of sp³-hybridized carbons (Fsp3) is 0.235. The van der Waals surface area contributed by atoms with Crippen molar-refractivity contribution in [1.82, 2.24) is 0 Å². The monoisotopic (exact) mass is 316 g/mol. The zero-order chi connectivity index (χ0) is 14.8. The molecule has 0 saturated heterocycles. The molecule has 0 N–H and O–H groups in total. The van der Waals surface area contributed by atoms with Gasteiger partial charge in [0.1, 0.15) is 11.0 Å². The molecular weight excluding hydrogens is 300 g/mol. The van der Waals surface area contributed by atoms with E-state index in [1.807, 2.05) is 30.5 Å². The van der Waals surface area contributed by atoms with Crippen molar-refractivity contribution in [3.8, 4) is 5.75 Å². The summed E-state index contributed by atoms with van der Waals surface area (Å²) >= 11 is 3.28. The molecule has 0 aromatic heterocycles. The van der Waals surface area contributed by atoms with Crippen molar-refractivity contribution >= 4 is 29.5 Å². The van der Waals surface area contributed by atoms with Crippen molar-refractivity contribution in [3.05, 3.63) is 53.6 Å². The van der Waals surface area contributed by atoms with Gasteiger partial charge in [-0.2, -0.15) is 0 Å². The summed E-state index contributed by atoms with van der Waals surface area (Å²) < 4.78 is 5.49. The first-order chi connectivity index (χ1) is 10.2. The van der Waals surface area contributed by atoms with Gasteiger partial charge in [0.25, 0.3) is 0 Å². The number of hydrogen-bond acceptors (Lipinski definition) is 4. The number of ether oxygens (including phenoxy) is 1. The third-order valence-corrected chi connectivity index (χ3v) is 5.46. The Balaban J connectivity index is 1.67. The molecule has 1 aliphatic rings. The van der Waals surface area contributed by atoms with E-state index in [0.29, 0.717) is 5.75 Å². The molecule has 2 aromatic carbocycles. The highest BCUT2D eigenvalue weighted by Gasteiger charge is 2.29. The lowest BCUT2D eigenvalue weighted by Gasteiger charge is -2.09. The Labute approximate surface area is 133 Å². The second kappa shape index (κ2) is 6.16. The number of carbonyl (C=O) groups is 1. The van der Waals surface area contributed by atoms with Crippen molar-refractivity contribution in [2.24, 2.45) is 0 Å². The molecule has 1 aliphatic heterocycles. The lowest BCUT2D eigenvalue weighted by atomic mass is 10.1. The summed E-state index contributed by atoms with van der Waals surface area (Å²) in [4.78, 5) is 14.6. The third kappa shape index (κ3) is 3.27. The van der Waals surface area contributed by atoms with Gasteiger partial charge in [-0.1, -0.05) is 17.7 Å². The van der Waals surface area contributed by atoms with Crippen molar-refractivity contribution in [2.45, 2.75) is 28.4 Å². The summed E-state index contributed by atoms with van der Waals surface area (Å²) in [6.45, 7) is 2.07. The molecule has 0 bridgehead atoms. The minimum Gasteiger partial charge on any atom is -0.426 e. The Bertz CT molecular complexity index is 665. The van der Waals surface area contributed by atoms with Crippen LogP contribution in [-0.2, 0) is 11.2 Å². The minimum absolute atomic E-state index is 0.137. The Morgan fingerprint density at radius 3 is 2.71 bits per heavy atom. The van der Waals surface area contributed by atoms with Gasteiger partial charge in [-0.25, -0.2) is 0 Å². The summed E-state index contributed by atoms with van der Waals surface area (Å²) in [7, 11) is 0. The molecule has 0 spiro atoms. The van der Waals surface area contributed by atoms with E-state index in [0.717, 1.165) is 11.3 Å². The maximum absolute atomic E-state index is 12.3. The molecule has 0 saturated carbocycles. The summed E-state index contributed by atoms with van der Waals surface area (Å²) in [5.74, 6) is 0.455. The molecular formula is C17H16O2S2. The van der Waals surface area contributed by atoms with Gasteiger partial charge in [-0.05, 0) is 55.5 Å². The van der Waals surface area contributed by atoms with Crippen molar-refractivity contribution in [2.75, 3.05) is 6.26 Å². The SMILES string of the molecule is CSc1ccc(OC(=O)C2Cc3ccc(C)cc3S2)cc1. The summed E-state index contributed by atoms with van der Waals surface area (Å²) in [6.07, 6.45) is 2.78. The number of aryl methyl sites for hydroxylation is 1. The Morgan fingerprint density at radius 2 is 2.00 bits per heavy atom. The molecule has 0 aliphatic carbocycles. The van der Waals surface area contributed by atoms with Crippen LogP contribution in [0.3, 0.4) is 0 Å². The smallest absolute Gasteiger partial charge is 0.325 e. The normalized spacial score (nSPS) is 16.6. The van der Waals surface area contributed by atoms with Crippen molar-refractivity contribution < 1.29 is 9.53 Å². The van der Waals surface area contributed by atoms with Gasteiger partial charge in [0.15, 0.2) is 0 Å².